The second-order valence-electron chi connectivity index (χ2n) is 17.9. The quantitative estimate of drug-likeness (QED) is 0.0659. The molecule has 2 aliphatic heterocycles. The molecule has 2 aliphatic rings. The van der Waals surface area contributed by atoms with Gasteiger partial charge in [0.05, 0.1) is 0 Å². The van der Waals surface area contributed by atoms with E-state index in [0.29, 0.717) is 21.2 Å². The predicted octanol–water partition coefficient (Wildman–Crippen LogP) is 7.18. The fourth-order valence-corrected chi connectivity index (χ4v) is 24.6. The van der Waals surface area contributed by atoms with Crippen LogP contribution >= 0.6 is 30.0 Å². The number of carbonyl (C=O) groups is 5. The van der Waals surface area contributed by atoms with Crippen molar-refractivity contribution in [3.8, 4) is 0 Å². The van der Waals surface area contributed by atoms with E-state index in [0.717, 1.165) is 0 Å². The average Bonchev–Trinajstić information content (AvgIpc) is 3.79. The average molecular weight is 1060 g/mol. The van der Waals surface area contributed by atoms with Gasteiger partial charge in [0, 0.05) is 0 Å². The summed E-state index contributed by atoms with van der Waals surface area (Å²) < 4.78 is 29.7. The van der Waals surface area contributed by atoms with Crippen molar-refractivity contribution >= 4 is 100 Å². The van der Waals surface area contributed by atoms with E-state index in [2.05, 4.69) is 0 Å². The van der Waals surface area contributed by atoms with Crippen LogP contribution in [0.3, 0.4) is 0 Å². The Morgan fingerprint density at radius 2 is 0.595 bits per heavy atom. The van der Waals surface area contributed by atoms with Crippen molar-refractivity contribution in [2.24, 2.45) is 11.5 Å². The second kappa shape index (κ2) is 21.1. The van der Waals surface area contributed by atoms with Gasteiger partial charge in [-0.15, -0.1) is 0 Å². The van der Waals surface area contributed by atoms with Crippen molar-refractivity contribution in [3.05, 3.63) is 243 Å². The molecule has 10 rings (SSSR count). The number of carbonyl (C=O) groups excluding carboxylic acids is 5. The van der Waals surface area contributed by atoms with Crippen molar-refractivity contribution in [1.82, 2.24) is 0 Å². The molecule has 2 fully saturated rings. The first-order valence-corrected chi connectivity index (χ1v) is 30.8. The number of hydrogen-bond acceptors (Lipinski definition) is 11. The van der Waals surface area contributed by atoms with Gasteiger partial charge in [-0.3, -0.25) is 0 Å². The summed E-state index contributed by atoms with van der Waals surface area (Å²) in [5.74, 6) is -1.07. The van der Waals surface area contributed by atoms with Crippen LogP contribution in [-0.2, 0) is 42.1 Å². The van der Waals surface area contributed by atoms with Crippen LogP contribution in [0, 0.1) is 0 Å². The Hall–Kier alpha value is -6.41. The summed E-state index contributed by atoms with van der Waals surface area (Å²) in [5, 5.41) is 3.41. The molecule has 0 saturated carbocycles. The van der Waals surface area contributed by atoms with Crippen molar-refractivity contribution in [1.29, 1.82) is 0 Å². The summed E-state index contributed by atoms with van der Waals surface area (Å²) >= 11 is 0. The molecule has 8 aromatic carbocycles. The number of ketones is 1. The van der Waals surface area contributed by atoms with Gasteiger partial charge in [-0.2, -0.15) is 0 Å². The SMILES string of the molecule is NC1CC(=O)P(OC(OP(c2ccccc2)c2ccccc2)C(=O)C(OP(c2ccccc2)c2ccccc2)OP2(c3ccccc3)(c3ccccc3)C(=O)CC(N)C2=O)(c2ccccc2)(c2ccccc2)C1=O. The molecule has 372 valence electrons. The molecule has 4 atom stereocenters. The summed E-state index contributed by atoms with van der Waals surface area (Å²) in [6.07, 6.45) is -5.26. The van der Waals surface area contributed by atoms with Crippen LogP contribution in [0.5, 0.6) is 0 Å². The molecule has 8 aromatic rings. The molecule has 0 radical (unpaired) electrons. The Morgan fingerprint density at radius 3 is 0.797 bits per heavy atom. The van der Waals surface area contributed by atoms with E-state index in [1.807, 2.05) is 121 Å². The molecule has 11 nitrogen and oxygen atoms in total. The Kier molecular flexibility index (Phi) is 14.6. The maximum atomic E-state index is 17.2. The Labute approximate surface area is 431 Å². The van der Waals surface area contributed by atoms with Crippen LogP contribution in [0.2, 0.25) is 0 Å². The topological polar surface area (TPSA) is 174 Å². The summed E-state index contributed by atoms with van der Waals surface area (Å²) in [5.41, 5.74) is 10.8. The van der Waals surface area contributed by atoms with Gasteiger partial charge in [-0.05, 0) is 0 Å². The maximum absolute atomic E-state index is 17.2. The van der Waals surface area contributed by atoms with Crippen LogP contribution < -0.4 is 53.9 Å². The second-order valence-corrected chi connectivity index (χ2v) is 30.1. The third-order valence-corrected chi connectivity index (χ3v) is 28.5. The van der Waals surface area contributed by atoms with E-state index in [1.165, 1.54) is 0 Å². The fraction of sp³-hybridized carbons (Fsp3) is 0.102. The van der Waals surface area contributed by atoms with Crippen molar-refractivity contribution in [2.45, 2.75) is 37.5 Å². The number of hydrogen-bond donors (Lipinski definition) is 2. The molecular weight excluding hydrogens is 1000 g/mol. The van der Waals surface area contributed by atoms with Crippen molar-refractivity contribution in [3.63, 3.8) is 0 Å². The van der Waals surface area contributed by atoms with E-state index in [1.54, 1.807) is 121 Å². The third-order valence-electron chi connectivity index (χ3n) is 13.7. The summed E-state index contributed by atoms with van der Waals surface area (Å²) in [4.78, 5) is 80.2. The molecule has 4 N–H and O–H groups in total. The molecule has 2 saturated heterocycles. The van der Waals surface area contributed by atoms with Crippen LogP contribution in [0.1, 0.15) is 12.8 Å². The number of Topliss-reactive ketones (excluding diaryl/α,β-unsaturated/α-hetero) is 1. The number of nitrogens with two attached hydrogens (primary N) is 2. The van der Waals surface area contributed by atoms with Gasteiger partial charge in [0.25, 0.3) is 0 Å². The molecule has 74 heavy (non-hydrogen) atoms. The first-order valence-electron chi connectivity index (χ1n) is 24.0. The molecule has 0 bridgehead atoms. The van der Waals surface area contributed by atoms with E-state index in [4.69, 9.17) is 29.6 Å². The zero-order chi connectivity index (χ0) is 51.4. The zero-order valence-electron chi connectivity index (χ0n) is 39.9. The molecule has 0 amide bonds. The Balaban J connectivity index is 1.29. The van der Waals surface area contributed by atoms with E-state index in [9.17, 15) is 0 Å². The summed E-state index contributed by atoms with van der Waals surface area (Å²) in [6, 6.07) is 68.0. The van der Waals surface area contributed by atoms with Crippen LogP contribution in [0.4, 0.5) is 0 Å². The monoisotopic (exact) mass is 1060 g/mol. The predicted molar refractivity (Wildman–Crippen MR) is 298 cm³/mol. The van der Waals surface area contributed by atoms with Crippen LogP contribution in [-0.4, -0.2) is 52.5 Å². The van der Waals surface area contributed by atoms with Crippen LogP contribution in [0.15, 0.2) is 243 Å². The first kappa shape index (κ1) is 51.1. The standard InChI is InChI=1S/C59H52N2O9P4/c60-51-41-53(62)73(56(51)65,47-33-17-5-18-34-47,48-35-19-6-20-36-48)69-58(67-71(43-25-9-1-10-26-43)44-27-11-2-12-28-44)55(64)59(68-72(45-29-13-3-14-30-45)46-31-15-4-16-32-46)70-74(49-37-21-7-22-38-49,50-39-23-8-24-40-50)54(63)42-52(61)57(74)66/h1-40,51-52,58-59H,41-42,60-61H2. The fourth-order valence-electron chi connectivity index (χ4n) is 10.2. The molecule has 0 aromatic heterocycles. The van der Waals surface area contributed by atoms with Crippen molar-refractivity contribution in [2.75, 3.05) is 0 Å². The normalized spacial score (nSPS) is 20.5. The zero-order valence-corrected chi connectivity index (χ0v) is 43.5. The Morgan fingerprint density at radius 1 is 0.378 bits per heavy atom. The van der Waals surface area contributed by atoms with Gasteiger partial charge < -0.3 is 0 Å². The third kappa shape index (κ3) is 8.30. The van der Waals surface area contributed by atoms with Gasteiger partial charge in [0.2, 0.25) is 0 Å². The van der Waals surface area contributed by atoms with Gasteiger partial charge in [-0.1, -0.05) is 0 Å². The first-order chi connectivity index (χ1) is 36.0. The molecule has 2 heterocycles. The van der Waals surface area contributed by atoms with Crippen molar-refractivity contribution < 1.29 is 42.1 Å². The van der Waals surface area contributed by atoms with E-state index >= 15 is 24.0 Å². The van der Waals surface area contributed by atoms with E-state index in [-0.39, 0.29) is 21.2 Å². The van der Waals surface area contributed by atoms with Gasteiger partial charge in [0.1, 0.15) is 0 Å². The van der Waals surface area contributed by atoms with E-state index < -0.39 is 95.3 Å². The van der Waals surface area contributed by atoms with Crippen LogP contribution in [0.25, 0.3) is 0 Å². The van der Waals surface area contributed by atoms with Gasteiger partial charge in [-0.25, -0.2) is 0 Å². The minimum atomic E-state index is -5.60. The minimum absolute atomic E-state index is 0.203. The molecule has 0 spiro atoms. The molecule has 15 heteroatoms. The number of benzene rings is 8. The van der Waals surface area contributed by atoms with Gasteiger partial charge >= 0.3 is 434 Å². The molecule has 4 unspecified atom stereocenters. The molecule has 0 aliphatic carbocycles. The summed E-state index contributed by atoms with van der Waals surface area (Å²) in [6.45, 7) is -11.2. The van der Waals surface area contributed by atoms with Gasteiger partial charge in [0.15, 0.2) is 0 Å². The Bertz CT molecular complexity index is 2930. The number of rotatable bonds is 18. The summed E-state index contributed by atoms with van der Waals surface area (Å²) in [7, 11) is -4.16. The molecular formula is C59H52N2O9P4.